The second-order valence-corrected chi connectivity index (χ2v) is 12.1. The van der Waals surface area contributed by atoms with Crippen molar-refractivity contribution in [1.82, 2.24) is 9.29 Å². The van der Waals surface area contributed by atoms with Gasteiger partial charge in [-0.1, -0.05) is 42.8 Å². The van der Waals surface area contributed by atoms with Crippen molar-refractivity contribution in [2.75, 3.05) is 11.9 Å². The quantitative estimate of drug-likeness (QED) is 0.399. The lowest BCUT2D eigenvalue weighted by Crippen LogP contribution is -2.38. The van der Waals surface area contributed by atoms with Crippen molar-refractivity contribution in [2.24, 2.45) is 5.41 Å². The van der Waals surface area contributed by atoms with Gasteiger partial charge in [-0.05, 0) is 73.6 Å². The van der Waals surface area contributed by atoms with Gasteiger partial charge in [0.1, 0.15) is 12.4 Å². The number of ether oxygens (including phenoxy) is 1. The number of benzene rings is 2. The number of halogens is 1. The number of aryl methyl sites for hydroxylation is 1. The largest absolute Gasteiger partial charge is 0.486 e. The van der Waals surface area contributed by atoms with E-state index < -0.39 is 11.0 Å². The first-order valence-electron chi connectivity index (χ1n) is 12.8. The number of hydrogen-bond acceptors (Lipinski definition) is 4. The molecule has 2 atom stereocenters. The Balaban J connectivity index is 1.18. The van der Waals surface area contributed by atoms with Crippen molar-refractivity contribution in [1.29, 1.82) is 0 Å². The fourth-order valence-corrected chi connectivity index (χ4v) is 6.55. The summed E-state index contributed by atoms with van der Waals surface area (Å²) >= 11 is 6.62. The topological polar surface area (TPSA) is 72.4 Å². The Hall–Kier alpha value is -3.03. The molecule has 8 heteroatoms. The highest BCUT2D eigenvalue weighted by Gasteiger charge is 2.44. The average molecular weight is 536 g/mol. The maximum atomic E-state index is 13.6. The lowest BCUT2D eigenvalue weighted by Gasteiger charge is -2.15. The van der Waals surface area contributed by atoms with Crippen LogP contribution in [0.25, 0.3) is 6.08 Å². The fourth-order valence-electron chi connectivity index (χ4n) is 5.03. The number of nitrogens with zero attached hydrogens (tertiary/aromatic N) is 1. The van der Waals surface area contributed by atoms with Gasteiger partial charge in [0.05, 0.1) is 21.3 Å². The molecule has 2 aliphatic carbocycles. The third kappa shape index (κ3) is 4.82. The third-order valence-corrected chi connectivity index (χ3v) is 9.27. The van der Waals surface area contributed by atoms with Crippen molar-refractivity contribution in [3.05, 3.63) is 82.1 Å². The predicted molar refractivity (Wildman–Crippen MR) is 147 cm³/mol. The summed E-state index contributed by atoms with van der Waals surface area (Å²) in [6.07, 6.45) is 8.79. The molecule has 0 radical (unpaired) electrons. The summed E-state index contributed by atoms with van der Waals surface area (Å²) in [5.41, 5.74) is 4.91. The number of carbonyl (C=O) groups is 1. The van der Waals surface area contributed by atoms with Crippen molar-refractivity contribution in [3.63, 3.8) is 0 Å². The molecular weight excluding hydrogens is 506 g/mol. The summed E-state index contributed by atoms with van der Waals surface area (Å²) in [5, 5.41) is 7.14. The Labute approximate surface area is 224 Å². The normalized spacial score (nSPS) is 19.5. The van der Waals surface area contributed by atoms with Crippen LogP contribution in [-0.2, 0) is 35.2 Å². The molecule has 192 valence electrons. The van der Waals surface area contributed by atoms with Crippen LogP contribution in [0, 0.1) is 5.41 Å². The second kappa shape index (κ2) is 9.69. The molecule has 1 saturated carbocycles. The molecule has 2 aromatic carbocycles. The molecule has 2 unspecified atom stereocenters. The SMILES string of the molecule is CC1(C(=O)NCC2Cc3cc(Cl)c(OCc4cc5c(n4S(=O)c4ccccc4)C=CCC5)cc3N2)CC1. The van der Waals surface area contributed by atoms with Crippen molar-refractivity contribution >= 4 is 40.3 Å². The van der Waals surface area contributed by atoms with E-state index in [1.165, 1.54) is 5.56 Å². The summed E-state index contributed by atoms with van der Waals surface area (Å²) in [7, 11) is -1.39. The number of amides is 1. The van der Waals surface area contributed by atoms with Crippen LogP contribution in [0.5, 0.6) is 5.75 Å². The van der Waals surface area contributed by atoms with E-state index in [1.807, 2.05) is 53.4 Å². The maximum Gasteiger partial charge on any atom is 0.226 e. The molecule has 2 N–H and O–H groups in total. The molecule has 1 fully saturated rings. The zero-order valence-electron chi connectivity index (χ0n) is 20.8. The van der Waals surface area contributed by atoms with Crippen LogP contribution >= 0.6 is 11.6 Å². The molecule has 1 amide bonds. The number of fused-ring (bicyclic) bond motifs is 2. The number of hydrogen-bond donors (Lipinski definition) is 2. The fraction of sp³-hybridized carbons (Fsp3) is 0.345. The predicted octanol–water partition coefficient (Wildman–Crippen LogP) is 5.50. The number of anilines is 1. The van der Waals surface area contributed by atoms with E-state index >= 15 is 0 Å². The van der Waals surface area contributed by atoms with Crippen LogP contribution in [0.2, 0.25) is 5.02 Å². The van der Waals surface area contributed by atoms with Crippen molar-refractivity contribution in [2.45, 2.75) is 56.6 Å². The van der Waals surface area contributed by atoms with E-state index in [1.54, 1.807) is 0 Å². The average Bonchev–Trinajstić information content (AvgIpc) is 3.38. The summed E-state index contributed by atoms with van der Waals surface area (Å²) in [6.45, 7) is 2.84. The first kappa shape index (κ1) is 24.3. The van der Waals surface area contributed by atoms with E-state index in [2.05, 4.69) is 28.9 Å². The second-order valence-electron chi connectivity index (χ2n) is 10.4. The monoisotopic (exact) mass is 535 g/mol. The van der Waals surface area contributed by atoms with Gasteiger partial charge in [0.15, 0.2) is 11.0 Å². The maximum absolute atomic E-state index is 13.6. The molecule has 0 saturated heterocycles. The first-order valence-corrected chi connectivity index (χ1v) is 14.3. The van der Waals surface area contributed by atoms with Gasteiger partial charge in [0, 0.05) is 29.8 Å². The van der Waals surface area contributed by atoms with Crippen LogP contribution in [0.15, 0.2) is 59.5 Å². The van der Waals surface area contributed by atoms with E-state index in [0.29, 0.717) is 17.3 Å². The van der Waals surface area contributed by atoms with Crippen LogP contribution in [0.3, 0.4) is 0 Å². The van der Waals surface area contributed by atoms with E-state index in [0.717, 1.165) is 59.6 Å². The lowest BCUT2D eigenvalue weighted by molar-refractivity contribution is -0.125. The molecule has 2 heterocycles. The third-order valence-electron chi connectivity index (χ3n) is 7.53. The smallest absolute Gasteiger partial charge is 0.226 e. The van der Waals surface area contributed by atoms with Gasteiger partial charge < -0.3 is 15.4 Å². The minimum absolute atomic E-state index is 0.122. The van der Waals surface area contributed by atoms with E-state index in [4.69, 9.17) is 16.3 Å². The van der Waals surface area contributed by atoms with E-state index in [9.17, 15) is 9.00 Å². The summed E-state index contributed by atoms with van der Waals surface area (Å²) in [4.78, 5) is 13.1. The summed E-state index contributed by atoms with van der Waals surface area (Å²) in [6, 6.07) is 15.6. The van der Waals surface area contributed by atoms with Gasteiger partial charge >= 0.3 is 0 Å². The van der Waals surface area contributed by atoms with Crippen molar-refractivity contribution < 1.29 is 13.7 Å². The minimum Gasteiger partial charge on any atom is -0.486 e. The number of carbonyl (C=O) groups excluding carboxylic acids is 1. The standard InChI is InChI=1S/C29H30ClN3O3S/c1-29(11-12-29)28(34)31-17-21-13-20-15-24(30)27(16-25(20)32-21)36-18-22-14-19-7-5-6-10-26(19)33(22)37(35)23-8-3-2-4-9-23/h2-4,6,8-10,14-16,21,32H,5,7,11-13,17-18H2,1H3,(H,31,34). The van der Waals surface area contributed by atoms with Gasteiger partial charge in [0.25, 0.3) is 0 Å². The molecule has 37 heavy (non-hydrogen) atoms. The van der Waals surface area contributed by atoms with Crippen LogP contribution in [-0.4, -0.2) is 26.7 Å². The Kier molecular flexibility index (Phi) is 6.37. The van der Waals surface area contributed by atoms with Crippen molar-refractivity contribution in [3.8, 4) is 5.75 Å². The number of allylic oxidation sites excluding steroid dienone is 1. The molecular formula is C29H30ClN3O3S. The molecule has 0 spiro atoms. The van der Waals surface area contributed by atoms with Gasteiger partial charge in [-0.3, -0.25) is 8.77 Å². The Morgan fingerprint density at radius 2 is 2.03 bits per heavy atom. The number of aromatic nitrogens is 1. The molecule has 6 rings (SSSR count). The molecule has 6 nitrogen and oxygen atoms in total. The highest BCUT2D eigenvalue weighted by Crippen LogP contribution is 2.45. The van der Waals surface area contributed by atoms with Crippen LogP contribution < -0.4 is 15.4 Å². The Morgan fingerprint density at radius 1 is 1.22 bits per heavy atom. The Bertz CT molecular complexity index is 1410. The van der Waals surface area contributed by atoms with E-state index in [-0.39, 0.29) is 24.0 Å². The highest BCUT2D eigenvalue weighted by molar-refractivity contribution is 7.83. The molecule has 3 aromatic rings. The highest BCUT2D eigenvalue weighted by atomic mass is 35.5. The van der Waals surface area contributed by atoms with Gasteiger partial charge in [-0.2, -0.15) is 0 Å². The number of rotatable bonds is 8. The summed E-state index contributed by atoms with van der Waals surface area (Å²) in [5.74, 6) is 0.718. The van der Waals surface area contributed by atoms with Gasteiger partial charge in [-0.15, -0.1) is 0 Å². The summed E-state index contributed by atoms with van der Waals surface area (Å²) < 4.78 is 21.7. The molecule has 1 aromatic heterocycles. The molecule has 1 aliphatic heterocycles. The van der Waals surface area contributed by atoms with Crippen LogP contribution in [0.4, 0.5) is 5.69 Å². The van der Waals surface area contributed by atoms with Gasteiger partial charge in [0.2, 0.25) is 5.91 Å². The Morgan fingerprint density at radius 3 is 2.81 bits per heavy atom. The number of nitrogens with one attached hydrogen (secondary N) is 2. The first-order chi connectivity index (χ1) is 17.9. The molecule has 0 bridgehead atoms. The van der Waals surface area contributed by atoms with Gasteiger partial charge in [-0.25, -0.2) is 4.21 Å². The zero-order valence-corrected chi connectivity index (χ0v) is 22.3. The zero-order chi connectivity index (χ0) is 25.6. The lowest BCUT2D eigenvalue weighted by atomic mass is 10.0. The molecule has 3 aliphatic rings. The van der Waals surface area contributed by atoms with Crippen LogP contribution in [0.1, 0.15) is 48.7 Å². The minimum atomic E-state index is -1.39.